The summed E-state index contributed by atoms with van der Waals surface area (Å²) in [5.74, 6) is 0.542. The van der Waals surface area contributed by atoms with Gasteiger partial charge in [0, 0.05) is 11.0 Å². The largest absolute Gasteiger partial charge is 1.00 e. The van der Waals surface area contributed by atoms with Crippen LogP contribution in [0, 0.1) is 0 Å². The van der Waals surface area contributed by atoms with E-state index in [1.54, 1.807) is 11.8 Å². The molecule has 6 heteroatoms. The van der Waals surface area contributed by atoms with Gasteiger partial charge in [-0.05, 0) is 6.42 Å². The van der Waals surface area contributed by atoms with Crippen LogP contribution in [0.2, 0.25) is 0 Å². The minimum atomic E-state index is -3.76. The van der Waals surface area contributed by atoms with Crippen molar-refractivity contribution in [2.75, 3.05) is 5.75 Å². The quantitative estimate of drug-likeness (QED) is 0.394. The topological polar surface area (TPSA) is 54.4 Å². The van der Waals surface area contributed by atoms with Gasteiger partial charge in [0.1, 0.15) is 0 Å². The zero-order chi connectivity index (χ0) is 7.78. The molecular weight excluding hydrogens is 195 g/mol. The van der Waals surface area contributed by atoms with Crippen LogP contribution < -0.4 is 29.6 Å². The van der Waals surface area contributed by atoms with Crippen molar-refractivity contribution in [2.45, 2.75) is 23.8 Å². The number of hydrogen-bond acceptors (Lipinski definition) is 3. The summed E-state index contributed by atoms with van der Waals surface area (Å²) in [4.78, 5) is 0. The van der Waals surface area contributed by atoms with Gasteiger partial charge in [0.25, 0.3) is 10.1 Å². The van der Waals surface area contributed by atoms with Crippen molar-refractivity contribution < 1.29 is 44.0 Å². The Balaban J connectivity index is 0. The van der Waals surface area contributed by atoms with E-state index in [2.05, 4.69) is 0 Å². The first-order valence-corrected chi connectivity index (χ1v) is 5.63. The Labute approximate surface area is 94.8 Å². The van der Waals surface area contributed by atoms with Gasteiger partial charge in [-0.3, -0.25) is 4.55 Å². The summed E-state index contributed by atoms with van der Waals surface area (Å²) in [6.45, 7) is 1.97. The summed E-state index contributed by atoms with van der Waals surface area (Å²) in [5.41, 5.74) is 0. The van der Waals surface area contributed by atoms with Gasteiger partial charge in [0.15, 0.2) is 0 Å². The van der Waals surface area contributed by atoms with Crippen LogP contribution in [-0.2, 0) is 10.1 Å². The van der Waals surface area contributed by atoms with Gasteiger partial charge < -0.3 is 1.43 Å². The van der Waals surface area contributed by atoms with E-state index in [1.807, 2.05) is 6.92 Å². The predicted octanol–water partition coefficient (Wildman–Crippen LogP) is -2.12. The van der Waals surface area contributed by atoms with Crippen LogP contribution in [0.15, 0.2) is 0 Å². The van der Waals surface area contributed by atoms with E-state index < -0.39 is 15.4 Å². The molecular formula is C5H11NaO3S2. The standard InChI is InChI=1S/C5H10O3S2.Na.H/c1-4-2-5(3-9-4)10(6,7)8;;/h4-5H,2-3H2,1H3,(H,6,7,8);;/q;+1;-1. The SMILES string of the molecule is CC1CC(S(=O)(=O)O)CS1.[H-].[Na+]. The molecule has 0 saturated carbocycles. The maximum Gasteiger partial charge on any atom is 1.00 e. The molecule has 2 atom stereocenters. The fourth-order valence-corrected chi connectivity index (χ4v) is 3.61. The van der Waals surface area contributed by atoms with Gasteiger partial charge in [0.05, 0.1) is 5.25 Å². The molecule has 0 bridgehead atoms. The van der Waals surface area contributed by atoms with E-state index in [-0.39, 0.29) is 31.0 Å². The molecule has 0 amide bonds. The van der Waals surface area contributed by atoms with Crippen molar-refractivity contribution in [1.29, 1.82) is 0 Å². The zero-order valence-corrected chi connectivity index (χ0v) is 10.3. The second kappa shape index (κ2) is 4.48. The Morgan fingerprint density at radius 3 is 2.36 bits per heavy atom. The second-order valence-corrected chi connectivity index (χ2v) is 5.68. The van der Waals surface area contributed by atoms with Crippen LogP contribution in [0.25, 0.3) is 0 Å². The molecule has 2 unspecified atom stereocenters. The van der Waals surface area contributed by atoms with E-state index >= 15 is 0 Å². The van der Waals surface area contributed by atoms with Gasteiger partial charge in [-0.1, -0.05) is 6.92 Å². The number of hydrogen-bond donors (Lipinski definition) is 1. The first-order chi connectivity index (χ1) is 4.50. The van der Waals surface area contributed by atoms with Crippen LogP contribution in [0.3, 0.4) is 0 Å². The van der Waals surface area contributed by atoms with Crippen LogP contribution >= 0.6 is 11.8 Å². The van der Waals surface area contributed by atoms with Crippen LogP contribution in [0.4, 0.5) is 0 Å². The fraction of sp³-hybridized carbons (Fsp3) is 1.00. The average molecular weight is 206 g/mol. The maximum atomic E-state index is 10.5. The summed E-state index contributed by atoms with van der Waals surface area (Å²) in [7, 11) is -3.76. The van der Waals surface area contributed by atoms with E-state index in [9.17, 15) is 8.42 Å². The normalized spacial score (nSPS) is 31.5. The molecule has 1 saturated heterocycles. The molecule has 11 heavy (non-hydrogen) atoms. The van der Waals surface area contributed by atoms with Crippen molar-refractivity contribution in [1.82, 2.24) is 0 Å². The monoisotopic (exact) mass is 206 g/mol. The summed E-state index contributed by atoms with van der Waals surface area (Å²) in [5, 5.41) is -0.153. The van der Waals surface area contributed by atoms with Gasteiger partial charge in [-0.25, -0.2) is 0 Å². The van der Waals surface area contributed by atoms with Gasteiger partial charge >= 0.3 is 29.6 Å². The molecule has 0 radical (unpaired) electrons. The molecule has 1 aliphatic heterocycles. The second-order valence-electron chi connectivity index (χ2n) is 2.52. The third kappa shape index (κ3) is 3.65. The molecule has 0 aromatic carbocycles. The Kier molecular flexibility index (Phi) is 5.00. The van der Waals surface area contributed by atoms with E-state index in [1.165, 1.54) is 0 Å². The minimum absolute atomic E-state index is 0. The van der Waals surface area contributed by atoms with Crippen LogP contribution in [-0.4, -0.2) is 29.2 Å². The molecule has 1 aliphatic rings. The molecule has 3 nitrogen and oxygen atoms in total. The molecule has 1 heterocycles. The Morgan fingerprint density at radius 2 is 2.18 bits per heavy atom. The van der Waals surface area contributed by atoms with Gasteiger partial charge in [-0.2, -0.15) is 20.2 Å². The molecule has 1 N–H and O–H groups in total. The summed E-state index contributed by atoms with van der Waals surface area (Å²) in [6, 6.07) is 0. The van der Waals surface area contributed by atoms with Crippen LogP contribution in [0.5, 0.6) is 0 Å². The zero-order valence-electron chi connectivity index (χ0n) is 7.65. The molecule has 0 aliphatic carbocycles. The number of rotatable bonds is 1. The van der Waals surface area contributed by atoms with Crippen molar-refractivity contribution in [3.63, 3.8) is 0 Å². The minimum Gasteiger partial charge on any atom is -1.00 e. The third-order valence-corrected chi connectivity index (χ3v) is 4.35. The number of thioether (sulfide) groups is 1. The van der Waals surface area contributed by atoms with Crippen molar-refractivity contribution in [2.24, 2.45) is 0 Å². The van der Waals surface area contributed by atoms with E-state index in [4.69, 9.17) is 4.55 Å². The van der Waals surface area contributed by atoms with E-state index in [0.29, 0.717) is 17.4 Å². The summed E-state index contributed by atoms with van der Waals surface area (Å²) >= 11 is 1.59. The molecule has 0 aromatic heterocycles. The summed E-state index contributed by atoms with van der Waals surface area (Å²) < 4.78 is 29.6. The van der Waals surface area contributed by atoms with E-state index in [0.717, 1.165) is 0 Å². The molecule has 1 fully saturated rings. The molecule has 1 rings (SSSR count). The maximum absolute atomic E-state index is 10.5. The Morgan fingerprint density at radius 1 is 1.64 bits per heavy atom. The molecule has 0 aromatic rings. The van der Waals surface area contributed by atoms with Gasteiger partial charge in [-0.15, -0.1) is 0 Å². The predicted molar refractivity (Wildman–Crippen MR) is 43.0 cm³/mol. The summed E-state index contributed by atoms with van der Waals surface area (Å²) in [6.07, 6.45) is 0.587. The Bertz CT molecular complexity index is 219. The first kappa shape index (κ1) is 12.3. The van der Waals surface area contributed by atoms with Crippen molar-refractivity contribution in [3.8, 4) is 0 Å². The van der Waals surface area contributed by atoms with Crippen molar-refractivity contribution >= 4 is 21.9 Å². The Hall–Kier alpha value is 1.26. The molecule has 62 valence electrons. The first-order valence-electron chi connectivity index (χ1n) is 3.08. The third-order valence-electron chi connectivity index (χ3n) is 1.58. The van der Waals surface area contributed by atoms with Gasteiger partial charge in [0.2, 0.25) is 0 Å². The van der Waals surface area contributed by atoms with Crippen LogP contribution in [0.1, 0.15) is 14.8 Å². The molecule has 0 spiro atoms. The smallest absolute Gasteiger partial charge is 1.00 e. The fourth-order valence-electron chi connectivity index (χ4n) is 0.985. The average Bonchev–Trinajstić information content (AvgIpc) is 2.11. The van der Waals surface area contributed by atoms with Crippen molar-refractivity contribution in [3.05, 3.63) is 0 Å².